The van der Waals surface area contributed by atoms with Crippen molar-refractivity contribution in [2.45, 2.75) is 45.6 Å². The van der Waals surface area contributed by atoms with Crippen molar-refractivity contribution in [2.24, 2.45) is 11.8 Å². The lowest BCUT2D eigenvalue weighted by molar-refractivity contribution is 0.293. The molecule has 0 aromatic heterocycles. The van der Waals surface area contributed by atoms with Crippen LogP contribution in [0.25, 0.3) is 0 Å². The van der Waals surface area contributed by atoms with Crippen molar-refractivity contribution < 1.29 is 0 Å². The molecular formula is C18H28N2. The van der Waals surface area contributed by atoms with Gasteiger partial charge in [0, 0.05) is 24.8 Å². The number of hydrogen-bond donors (Lipinski definition) is 1. The van der Waals surface area contributed by atoms with Gasteiger partial charge in [-0.1, -0.05) is 38.5 Å². The van der Waals surface area contributed by atoms with E-state index in [2.05, 4.69) is 48.3 Å². The van der Waals surface area contributed by atoms with E-state index in [1.165, 1.54) is 56.6 Å². The van der Waals surface area contributed by atoms with Crippen molar-refractivity contribution in [1.29, 1.82) is 0 Å². The van der Waals surface area contributed by atoms with Crippen LogP contribution < -0.4 is 10.2 Å². The lowest BCUT2D eigenvalue weighted by atomic mass is 9.89. The van der Waals surface area contributed by atoms with E-state index in [1.807, 2.05) is 0 Å². The van der Waals surface area contributed by atoms with Crippen LogP contribution in [0.3, 0.4) is 0 Å². The van der Waals surface area contributed by atoms with Crippen LogP contribution in [0.5, 0.6) is 0 Å². The summed E-state index contributed by atoms with van der Waals surface area (Å²) in [4.78, 5) is 2.62. The largest absolute Gasteiger partial charge is 0.369 e. The van der Waals surface area contributed by atoms with Gasteiger partial charge in [0.2, 0.25) is 0 Å². The average molecular weight is 272 g/mol. The predicted octanol–water partition coefficient (Wildman–Crippen LogP) is 3.46. The molecule has 3 rings (SSSR count). The number of fused-ring (bicyclic) bond motifs is 1. The van der Waals surface area contributed by atoms with Gasteiger partial charge in [-0.2, -0.15) is 0 Å². The molecule has 20 heavy (non-hydrogen) atoms. The molecule has 0 spiro atoms. The van der Waals surface area contributed by atoms with Crippen LogP contribution in [0, 0.1) is 11.8 Å². The highest BCUT2D eigenvalue weighted by Crippen LogP contribution is 2.30. The number of anilines is 1. The van der Waals surface area contributed by atoms with Gasteiger partial charge in [0.1, 0.15) is 0 Å². The van der Waals surface area contributed by atoms with Crippen LogP contribution >= 0.6 is 0 Å². The van der Waals surface area contributed by atoms with Crippen molar-refractivity contribution in [3.05, 3.63) is 29.8 Å². The Bertz CT molecular complexity index is 443. The van der Waals surface area contributed by atoms with Crippen LogP contribution in [-0.4, -0.2) is 25.7 Å². The monoisotopic (exact) mass is 272 g/mol. The van der Waals surface area contributed by atoms with Crippen molar-refractivity contribution >= 4 is 5.69 Å². The van der Waals surface area contributed by atoms with Crippen LogP contribution in [0.2, 0.25) is 0 Å². The maximum atomic E-state index is 3.73. The first-order valence-electron chi connectivity index (χ1n) is 8.32. The molecule has 0 aliphatic carbocycles. The lowest BCUT2D eigenvalue weighted by Crippen LogP contribution is -2.48. The van der Waals surface area contributed by atoms with Crippen LogP contribution in [-0.2, 0) is 6.42 Å². The quantitative estimate of drug-likeness (QED) is 0.906. The van der Waals surface area contributed by atoms with Gasteiger partial charge in [0.25, 0.3) is 0 Å². The number of rotatable bonds is 3. The van der Waals surface area contributed by atoms with Gasteiger partial charge in [-0.3, -0.25) is 0 Å². The Morgan fingerprint density at radius 2 is 2.15 bits per heavy atom. The highest BCUT2D eigenvalue weighted by atomic mass is 15.2. The molecule has 1 fully saturated rings. The van der Waals surface area contributed by atoms with Gasteiger partial charge in [-0.15, -0.1) is 0 Å². The van der Waals surface area contributed by atoms with Gasteiger partial charge in [0.15, 0.2) is 0 Å². The Morgan fingerprint density at radius 3 is 3.00 bits per heavy atom. The molecule has 2 heteroatoms. The molecule has 0 amide bonds. The Hall–Kier alpha value is -1.02. The van der Waals surface area contributed by atoms with E-state index < -0.39 is 0 Å². The highest BCUT2D eigenvalue weighted by Gasteiger charge is 2.26. The van der Waals surface area contributed by atoms with E-state index >= 15 is 0 Å². The van der Waals surface area contributed by atoms with E-state index in [0.29, 0.717) is 6.04 Å². The molecule has 2 heterocycles. The third-order valence-electron chi connectivity index (χ3n) is 5.05. The second-order valence-corrected chi connectivity index (χ2v) is 6.79. The fourth-order valence-corrected chi connectivity index (χ4v) is 3.95. The number of nitrogens with zero attached hydrogens (tertiary/aromatic N) is 1. The number of benzene rings is 1. The van der Waals surface area contributed by atoms with E-state index in [1.54, 1.807) is 0 Å². The van der Waals surface area contributed by atoms with Crippen LogP contribution in [0.15, 0.2) is 24.3 Å². The maximum absolute atomic E-state index is 3.73. The first-order valence-corrected chi connectivity index (χ1v) is 8.32. The maximum Gasteiger partial charge on any atom is 0.0399 e. The minimum atomic E-state index is 0.673. The number of hydrogen-bond acceptors (Lipinski definition) is 2. The zero-order valence-electron chi connectivity index (χ0n) is 12.9. The highest BCUT2D eigenvalue weighted by molar-refractivity contribution is 5.55. The minimum absolute atomic E-state index is 0.673. The molecule has 1 aromatic carbocycles. The number of piperidine rings is 1. The molecule has 0 bridgehead atoms. The molecule has 1 N–H and O–H groups in total. The van der Waals surface area contributed by atoms with Gasteiger partial charge < -0.3 is 10.2 Å². The third kappa shape index (κ3) is 3.01. The summed E-state index contributed by atoms with van der Waals surface area (Å²) >= 11 is 0. The summed E-state index contributed by atoms with van der Waals surface area (Å²) in [6.45, 7) is 8.31. The van der Waals surface area contributed by atoms with Gasteiger partial charge in [0.05, 0.1) is 0 Å². The Balaban J connectivity index is 1.71. The summed E-state index contributed by atoms with van der Waals surface area (Å²) in [5.74, 6) is 1.70. The SMILES string of the molecule is CCC1CCNC(CN2CC(C)Cc3ccccc32)C1. The summed E-state index contributed by atoms with van der Waals surface area (Å²) in [6, 6.07) is 9.65. The average Bonchev–Trinajstić information content (AvgIpc) is 2.47. The van der Waals surface area contributed by atoms with E-state index in [9.17, 15) is 0 Å². The molecule has 1 aromatic rings. The Labute approximate surface area is 123 Å². The fraction of sp³-hybridized carbons (Fsp3) is 0.667. The Kier molecular flexibility index (Phi) is 4.30. The molecule has 0 radical (unpaired) electrons. The minimum Gasteiger partial charge on any atom is -0.369 e. The summed E-state index contributed by atoms with van der Waals surface area (Å²) in [7, 11) is 0. The molecule has 1 saturated heterocycles. The van der Waals surface area contributed by atoms with Gasteiger partial charge >= 0.3 is 0 Å². The zero-order chi connectivity index (χ0) is 13.9. The summed E-state index contributed by atoms with van der Waals surface area (Å²) in [5, 5.41) is 3.73. The standard InChI is InChI=1S/C18H28N2/c1-3-15-8-9-19-17(11-15)13-20-12-14(2)10-16-6-4-5-7-18(16)20/h4-7,14-15,17,19H,3,8-13H2,1-2H3. The molecule has 2 nitrogen and oxygen atoms in total. The topological polar surface area (TPSA) is 15.3 Å². The van der Waals surface area contributed by atoms with Crippen molar-refractivity contribution in [3.8, 4) is 0 Å². The van der Waals surface area contributed by atoms with E-state index in [4.69, 9.17) is 0 Å². The summed E-state index contributed by atoms with van der Waals surface area (Å²) in [5.41, 5.74) is 3.01. The molecule has 2 aliphatic heterocycles. The first kappa shape index (κ1) is 13.9. The second-order valence-electron chi connectivity index (χ2n) is 6.79. The van der Waals surface area contributed by atoms with Gasteiger partial charge in [-0.05, 0) is 49.3 Å². The molecule has 110 valence electrons. The first-order chi connectivity index (χ1) is 9.76. The molecule has 0 saturated carbocycles. The Morgan fingerprint density at radius 1 is 1.30 bits per heavy atom. The molecule has 2 aliphatic rings. The van der Waals surface area contributed by atoms with Gasteiger partial charge in [-0.25, -0.2) is 0 Å². The van der Waals surface area contributed by atoms with E-state index in [0.717, 1.165) is 11.8 Å². The lowest BCUT2D eigenvalue weighted by Gasteiger charge is -2.39. The molecular weight excluding hydrogens is 244 g/mol. The zero-order valence-corrected chi connectivity index (χ0v) is 12.9. The number of para-hydroxylation sites is 1. The summed E-state index contributed by atoms with van der Waals surface area (Å²) in [6.07, 6.45) is 5.29. The third-order valence-corrected chi connectivity index (χ3v) is 5.05. The smallest absolute Gasteiger partial charge is 0.0399 e. The fourth-order valence-electron chi connectivity index (χ4n) is 3.95. The van der Waals surface area contributed by atoms with Crippen molar-refractivity contribution in [2.75, 3.05) is 24.5 Å². The van der Waals surface area contributed by atoms with Crippen molar-refractivity contribution in [1.82, 2.24) is 5.32 Å². The summed E-state index contributed by atoms with van der Waals surface area (Å²) < 4.78 is 0. The molecule has 3 atom stereocenters. The van der Waals surface area contributed by atoms with E-state index in [-0.39, 0.29) is 0 Å². The second kappa shape index (κ2) is 6.17. The van der Waals surface area contributed by atoms with Crippen LogP contribution in [0.1, 0.15) is 38.7 Å². The van der Waals surface area contributed by atoms with Crippen LogP contribution in [0.4, 0.5) is 5.69 Å². The van der Waals surface area contributed by atoms with Crippen molar-refractivity contribution in [3.63, 3.8) is 0 Å². The predicted molar refractivity (Wildman–Crippen MR) is 86.3 cm³/mol. The molecule has 3 unspecified atom stereocenters. The normalized spacial score (nSPS) is 30.1. The number of nitrogens with one attached hydrogen (secondary N) is 1.